The molecule has 0 unspecified atom stereocenters. The highest BCUT2D eigenvalue weighted by molar-refractivity contribution is 7.15. The number of carbonyl (C=O) groups excluding carboxylic acids is 2. The van der Waals surface area contributed by atoms with Gasteiger partial charge in [0.1, 0.15) is 10.7 Å². The van der Waals surface area contributed by atoms with Crippen molar-refractivity contribution in [2.45, 2.75) is 19.9 Å². The number of rotatable bonds is 4. The van der Waals surface area contributed by atoms with Crippen LogP contribution in [-0.2, 0) is 13.0 Å². The molecule has 0 fully saturated rings. The Labute approximate surface area is 161 Å². The first-order valence-electron chi connectivity index (χ1n) is 8.17. The molecule has 4 heterocycles. The molecular weight excluding hydrogens is 390 g/mol. The van der Waals surface area contributed by atoms with E-state index in [9.17, 15) is 19.7 Å². The Balaban J connectivity index is 1.46. The van der Waals surface area contributed by atoms with Gasteiger partial charge in [-0.1, -0.05) is 16.5 Å². The number of nitrogens with one attached hydrogen (secondary N) is 1. The Bertz CT molecular complexity index is 1080. The summed E-state index contributed by atoms with van der Waals surface area (Å²) in [6.07, 6.45) is 0.499. The Hall–Kier alpha value is -3.54. The van der Waals surface area contributed by atoms with E-state index in [1.807, 2.05) is 0 Å². The maximum Gasteiger partial charge on any atom is 0.433 e. The number of amides is 2. The molecule has 3 aromatic heterocycles. The molecule has 1 aliphatic rings. The van der Waals surface area contributed by atoms with Gasteiger partial charge in [0, 0.05) is 23.9 Å². The minimum Gasteiger partial charge on any atom is -0.395 e. The minimum atomic E-state index is -0.695. The summed E-state index contributed by atoms with van der Waals surface area (Å²) < 4.78 is 9.86. The number of nitrogens with zero attached hydrogens (tertiary/aromatic N) is 4. The monoisotopic (exact) mass is 403 g/mol. The summed E-state index contributed by atoms with van der Waals surface area (Å²) in [5.41, 5.74) is 0.952. The number of thiazole rings is 1. The van der Waals surface area contributed by atoms with Gasteiger partial charge in [0.25, 0.3) is 11.8 Å². The van der Waals surface area contributed by atoms with Crippen LogP contribution >= 0.6 is 11.3 Å². The normalized spacial score (nSPS) is 13.2. The molecule has 1 N–H and O–H groups in total. The van der Waals surface area contributed by atoms with Crippen LogP contribution < -0.4 is 5.32 Å². The number of hydrogen-bond donors (Lipinski definition) is 1. The number of fused-ring (bicyclic) bond motifs is 1. The van der Waals surface area contributed by atoms with E-state index >= 15 is 0 Å². The van der Waals surface area contributed by atoms with E-state index < -0.39 is 22.6 Å². The van der Waals surface area contributed by atoms with Gasteiger partial charge in [0.05, 0.1) is 18.3 Å². The quantitative estimate of drug-likeness (QED) is 0.516. The van der Waals surface area contributed by atoms with Gasteiger partial charge < -0.3 is 13.8 Å². The third kappa shape index (κ3) is 3.36. The zero-order chi connectivity index (χ0) is 19.8. The van der Waals surface area contributed by atoms with Gasteiger partial charge >= 0.3 is 5.88 Å². The number of aryl methyl sites for hydroxylation is 1. The predicted molar refractivity (Wildman–Crippen MR) is 95.1 cm³/mol. The molecule has 0 radical (unpaired) electrons. The molecule has 0 spiro atoms. The summed E-state index contributed by atoms with van der Waals surface area (Å²) in [5, 5.41) is 17.4. The van der Waals surface area contributed by atoms with Crippen LogP contribution in [0, 0.1) is 17.0 Å². The van der Waals surface area contributed by atoms with Crippen molar-refractivity contribution in [2.24, 2.45) is 0 Å². The Morgan fingerprint density at radius 3 is 2.89 bits per heavy atom. The van der Waals surface area contributed by atoms with E-state index in [0.29, 0.717) is 23.9 Å². The van der Waals surface area contributed by atoms with Crippen molar-refractivity contribution in [2.75, 3.05) is 11.9 Å². The SMILES string of the molecule is Cc1cc(C(=O)Nc2nc3c(s2)CN(C(=O)c2ccc([N+](=O)[O-])o2)CC3)no1. The smallest absolute Gasteiger partial charge is 0.395 e. The van der Waals surface area contributed by atoms with Crippen molar-refractivity contribution in [3.63, 3.8) is 0 Å². The number of nitro groups is 1. The van der Waals surface area contributed by atoms with Crippen molar-refractivity contribution >= 4 is 34.2 Å². The third-order valence-electron chi connectivity index (χ3n) is 4.08. The average molecular weight is 403 g/mol. The number of carbonyl (C=O) groups is 2. The summed E-state index contributed by atoms with van der Waals surface area (Å²) in [6.45, 7) is 2.35. The van der Waals surface area contributed by atoms with Crippen molar-refractivity contribution in [1.29, 1.82) is 0 Å². The molecule has 0 aromatic carbocycles. The third-order valence-corrected chi connectivity index (χ3v) is 5.08. The maximum atomic E-state index is 12.5. The topological polar surface area (TPSA) is 145 Å². The molecule has 0 saturated heterocycles. The van der Waals surface area contributed by atoms with Gasteiger partial charge in [-0.05, 0) is 13.0 Å². The summed E-state index contributed by atoms with van der Waals surface area (Å²) in [4.78, 5) is 41.4. The molecule has 0 bridgehead atoms. The lowest BCUT2D eigenvalue weighted by molar-refractivity contribution is -0.402. The van der Waals surface area contributed by atoms with Crippen LogP contribution in [0.1, 0.15) is 37.4 Å². The van der Waals surface area contributed by atoms with Crippen LogP contribution in [0.15, 0.2) is 27.1 Å². The summed E-state index contributed by atoms with van der Waals surface area (Å²) >= 11 is 1.26. The van der Waals surface area contributed by atoms with E-state index in [1.165, 1.54) is 28.4 Å². The Kier molecular flexibility index (Phi) is 4.39. The molecule has 0 aliphatic carbocycles. The first-order chi connectivity index (χ1) is 13.4. The summed E-state index contributed by atoms with van der Waals surface area (Å²) in [5.74, 6) is -0.910. The lowest BCUT2D eigenvalue weighted by Crippen LogP contribution is -2.35. The largest absolute Gasteiger partial charge is 0.433 e. The summed E-state index contributed by atoms with van der Waals surface area (Å²) in [6, 6.07) is 3.95. The molecule has 2 amide bonds. The van der Waals surface area contributed by atoms with Gasteiger partial charge in [-0.2, -0.15) is 0 Å². The zero-order valence-corrected chi connectivity index (χ0v) is 15.3. The van der Waals surface area contributed by atoms with Gasteiger partial charge in [0.2, 0.25) is 0 Å². The average Bonchev–Trinajstić information content (AvgIpc) is 3.39. The minimum absolute atomic E-state index is 0.0883. The standard InChI is InChI=1S/C16H13N5O6S/c1-8-6-10(19-27-8)14(22)18-16-17-9-4-5-20(7-12(9)28-16)15(23)11-2-3-13(26-11)21(24)25/h2-3,6H,4-5,7H2,1H3,(H,17,18,22). The Morgan fingerprint density at radius 1 is 1.39 bits per heavy atom. The number of aromatic nitrogens is 2. The van der Waals surface area contributed by atoms with Crippen molar-refractivity contribution in [3.05, 3.63) is 56.1 Å². The van der Waals surface area contributed by atoms with Crippen LogP contribution in [0.5, 0.6) is 0 Å². The van der Waals surface area contributed by atoms with Gasteiger partial charge in [0.15, 0.2) is 16.6 Å². The highest BCUT2D eigenvalue weighted by Crippen LogP contribution is 2.30. The molecule has 28 heavy (non-hydrogen) atoms. The van der Waals surface area contributed by atoms with Gasteiger partial charge in [-0.15, -0.1) is 0 Å². The molecule has 0 saturated carbocycles. The molecule has 11 nitrogen and oxygen atoms in total. The molecule has 12 heteroatoms. The molecule has 1 aliphatic heterocycles. The second-order valence-electron chi connectivity index (χ2n) is 6.04. The highest BCUT2D eigenvalue weighted by Gasteiger charge is 2.28. The van der Waals surface area contributed by atoms with Crippen LogP contribution in [0.4, 0.5) is 11.0 Å². The van der Waals surface area contributed by atoms with Gasteiger partial charge in [-0.3, -0.25) is 25.0 Å². The second-order valence-corrected chi connectivity index (χ2v) is 7.12. The van der Waals surface area contributed by atoms with Crippen LogP contribution in [0.3, 0.4) is 0 Å². The van der Waals surface area contributed by atoms with Gasteiger partial charge in [-0.25, -0.2) is 4.98 Å². The van der Waals surface area contributed by atoms with E-state index in [2.05, 4.69) is 15.5 Å². The fourth-order valence-corrected chi connectivity index (χ4v) is 3.77. The Morgan fingerprint density at radius 2 is 2.21 bits per heavy atom. The van der Waals surface area contributed by atoms with E-state index in [-0.39, 0.29) is 18.0 Å². The highest BCUT2D eigenvalue weighted by atomic mass is 32.1. The lowest BCUT2D eigenvalue weighted by Gasteiger charge is -2.24. The van der Waals surface area contributed by atoms with E-state index in [1.54, 1.807) is 6.92 Å². The summed E-state index contributed by atoms with van der Waals surface area (Å²) in [7, 11) is 0. The van der Waals surface area contributed by atoms with E-state index in [0.717, 1.165) is 16.6 Å². The maximum absolute atomic E-state index is 12.5. The number of hydrogen-bond acceptors (Lipinski definition) is 9. The number of furan rings is 1. The molecule has 4 rings (SSSR count). The fourth-order valence-electron chi connectivity index (χ4n) is 2.75. The molecule has 3 aromatic rings. The van der Waals surface area contributed by atoms with Crippen LogP contribution in [0.2, 0.25) is 0 Å². The zero-order valence-electron chi connectivity index (χ0n) is 14.5. The molecule has 0 atom stereocenters. The molecule has 144 valence electrons. The van der Waals surface area contributed by atoms with Crippen LogP contribution in [0.25, 0.3) is 0 Å². The van der Waals surface area contributed by atoms with E-state index in [4.69, 9.17) is 8.94 Å². The van der Waals surface area contributed by atoms with Crippen molar-refractivity contribution in [3.8, 4) is 0 Å². The van der Waals surface area contributed by atoms with Crippen molar-refractivity contribution in [1.82, 2.24) is 15.0 Å². The fraction of sp³-hybridized carbons (Fsp3) is 0.250. The van der Waals surface area contributed by atoms with Crippen molar-refractivity contribution < 1.29 is 23.5 Å². The predicted octanol–water partition coefficient (Wildman–Crippen LogP) is 2.39. The first-order valence-corrected chi connectivity index (χ1v) is 8.99. The second kappa shape index (κ2) is 6.88. The molecular formula is C16H13N5O6S. The number of anilines is 1. The van der Waals surface area contributed by atoms with Crippen LogP contribution in [-0.4, -0.2) is 38.3 Å². The lowest BCUT2D eigenvalue weighted by atomic mass is 10.1. The first kappa shape index (κ1) is 17.9.